The topological polar surface area (TPSA) is 24.9 Å². The fourth-order valence-electron chi connectivity index (χ4n) is 1.34. The molecule has 16 heavy (non-hydrogen) atoms. The van der Waals surface area contributed by atoms with Crippen molar-refractivity contribution in [1.29, 1.82) is 0 Å². The van der Waals surface area contributed by atoms with Crippen molar-refractivity contribution in [3.8, 4) is 0 Å². The first-order chi connectivity index (χ1) is 7.65. The van der Waals surface area contributed by atoms with Gasteiger partial charge in [0, 0.05) is 4.88 Å². The number of hydrogen-bond donors (Lipinski definition) is 1. The van der Waals surface area contributed by atoms with Gasteiger partial charge in [-0.2, -0.15) is 0 Å². The molecule has 84 valence electrons. The third-order valence-electron chi connectivity index (χ3n) is 2.10. The van der Waals surface area contributed by atoms with Gasteiger partial charge in [0.25, 0.3) is 0 Å². The number of hydrogen-bond acceptors (Lipinski definition) is 3. The summed E-state index contributed by atoms with van der Waals surface area (Å²) in [4.78, 5) is 5.52. The van der Waals surface area contributed by atoms with Crippen LogP contribution < -0.4 is 5.32 Å². The van der Waals surface area contributed by atoms with Gasteiger partial charge in [-0.05, 0) is 47.1 Å². The van der Waals surface area contributed by atoms with Crippen LogP contribution in [-0.2, 0) is 0 Å². The second-order valence-electron chi connectivity index (χ2n) is 3.35. The Morgan fingerprint density at radius 2 is 2.19 bits per heavy atom. The number of halogens is 2. The van der Waals surface area contributed by atoms with Crippen molar-refractivity contribution in [1.82, 2.24) is 4.98 Å². The van der Waals surface area contributed by atoms with Crippen LogP contribution in [0.25, 0.3) is 0 Å². The molecule has 0 aliphatic carbocycles. The molecule has 2 nitrogen and oxygen atoms in total. The minimum absolute atomic E-state index is 0.208. The molecule has 0 saturated heterocycles. The van der Waals surface area contributed by atoms with Gasteiger partial charge in [0.2, 0.25) is 0 Å². The highest BCUT2D eigenvalue weighted by atomic mass is 79.9. The molecule has 0 amide bonds. The molecule has 2 heterocycles. The molecule has 0 fully saturated rings. The van der Waals surface area contributed by atoms with Crippen LogP contribution in [0.2, 0.25) is 4.34 Å². The van der Waals surface area contributed by atoms with Crippen LogP contribution >= 0.6 is 38.9 Å². The molecule has 0 saturated carbocycles. The zero-order valence-corrected chi connectivity index (χ0v) is 11.7. The Kier molecular flexibility index (Phi) is 3.84. The first-order valence-corrected chi connectivity index (χ1v) is 6.78. The van der Waals surface area contributed by atoms with E-state index in [-0.39, 0.29) is 6.04 Å². The average Bonchev–Trinajstić information content (AvgIpc) is 2.65. The van der Waals surface area contributed by atoms with Crippen LogP contribution in [0.5, 0.6) is 0 Å². The fourth-order valence-corrected chi connectivity index (χ4v) is 2.75. The van der Waals surface area contributed by atoms with E-state index < -0.39 is 0 Å². The van der Waals surface area contributed by atoms with E-state index in [0.29, 0.717) is 0 Å². The van der Waals surface area contributed by atoms with E-state index >= 15 is 0 Å². The maximum absolute atomic E-state index is 5.90. The number of nitrogens with zero attached hydrogens (tertiary/aromatic N) is 1. The molecule has 0 bridgehead atoms. The number of pyridine rings is 1. The van der Waals surface area contributed by atoms with E-state index in [1.807, 2.05) is 30.3 Å². The maximum Gasteiger partial charge on any atom is 0.127 e. The minimum Gasteiger partial charge on any atom is -0.363 e. The standard InChI is InChI=1S/C11H10BrClN2S/c1-7(8-5-6-10(13)16-8)14-11-4-2-3-9(12)15-11/h2-7H,1H3,(H,14,15). The lowest BCUT2D eigenvalue weighted by molar-refractivity contribution is 0.895. The van der Waals surface area contributed by atoms with Crippen LogP contribution in [0.15, 0.2) is 34.9 Å². The van der Waals surface area contributed by atoms with Gasteiger partial charge in [-0.25, -0.2) is 4.98 Å². The van der Waals surface area contributed by atoms with E-state index in [2.05, 4.69) is 33.2 Å². The van der Waals surface area contributed by atoms with Crippen molar-refractivity contribution in [2.24, 2.45) is 0 Å². The summed E-state index contributed by atoms with van der Waals surface area (Å²) < 4.78 is 1.64. The number of rotatable bonds is 3. The van der Waals surface area contributed by atoms with E-state index in [9.17, 15) is 0 Å². The highest BCUT2D eigenvalue weighted by Gasteiger charge is 2.08. The van der Waals surface area contributed by atoms with Crippen molar-refractivity contribution in [3.05, 3.63) is 44.1 Å². The molecule has 2 aromatic rings. The molecule has 5 heteroatoms. The van der Waals surface area contributed by atoms with Crippen LogP contribution in [0.1, 0.15) is 17.8 Å². The second-order valence-corrected chi connectivity index (χ2v) is 5.91. The highest BCUT2D eigenvalue weighted by molar-refractivity contribution is 9.10. The Balaban J connectivity index is 2.10. The van der Waals surface area contributed by atoms with Crippen LogP contribution in [0, 0.1) is 0 Å². The zero-order valence-electron chi connectivity index (χ0n) is 8.58. The lowest BCUT2D eigenvalue weighted by atomic mass is 10.3. The monoisotopic (exact) mass is 316 g/mol. The Bertz CT molecular complexity index is 486. The van der Waals surface area contributed by atoms with Gasteiger partial charge in [-0.3, -0.25) is 0 Å². The molecule has 0 aliphatic heterocycles. The molecule has 0 aromatic carbocycles. The predicted molar refractivity (Wildman–Crippen MR) is 73.3 cm³/mol. The van der Waals surface area contributed by atoms with Crippen LogP contribution in [0.4, 0.5) is 5.82 Å². The van der Waals surface area contributed by atoms with Crippen molar-refractivity contribution in [2.45, 2.75) is 13.0 Å². The van der Waals surface area contributed by atoms with E-state index in [4.69, 9.17) is 11.6 Å². The first kappa shape index (κ1) is 11.9. The van der Waals surface area contributed by atoms with E-state index in [1.165, 1.54) is 4.88 Å². The Hall–Kier alpha value is -0.580. The molecule has 1 atom stereocenters. The zero-order chi connectivity index (χ0) is 11.5. The molecule has 1 unspecified atom stereocenters. The van der Waals surface area contributed by atoms with Gasteiger partial charge >= 0.3 is 0 Å². The predicted octanol–water partition coefficient (Wildman–Crippen LogP) is 4.73. The summed E-state index contributed by atoms with van der Waals surface area (Å²) in [5, 5.41) is 3.32. The van der Waals surface area contributed by atoms with Crippen molar-refractivity contribution in [3.63, 3.8) is 0 Å². The summed E-state index contributed by atoms with van der Waals surface area (Å²) in [6.07, 6.45) is 0. The molecular weight excluding hydrogens is 308 g/mol. The molecular formula is C11H10BrClN2S. The average molecular weight is 318 g/mol. The van der Waals surface area contributed by atoms with E-state index in [1.54, 1.807) is 11.3 Å². The number of nitrogens with one attached hydrogen (secondary N) is 1. The van der Waals surface area contributed by atoms with Crippen molar-refractivity contribution >= 4 is 44.7 Å². The molecule has 2 rings (SSSR count). The fraction of sp³-hybridized carbons (Fsp3) is 0.182. The van der Waals surface area contributed by atoms with Crippen molar-refractivity contribution in [2.75, 3.05) is 5.32 Å². The summed E-state index contributed by atoms with van der Waals surface area (Å²) in [6.45, 7) is 2.09. The van der Waals surface area contributed by atoms with Gasteiger partial charge in [0.05, 0.1) is 10.4 Å². The smallest absolute Gasteiger partial charge is 0.127 e. The Morgan fingerprint density at radius 1 is 1.38 bits per heavy atom. The van der Waals surface area contributed by atoms with Crippen LogP contribution in [-0.4, -0.2) is 4.98 Å². The lowest BCUT2D eigenvalue weighted by Gasteiger charge is -2.12. The number of thiophene rings is 1. The quantitative estimate of drug-likeness (QED) is 0.828. The highest BCUT2D eigenvalue weighted by Crippen LogP contribution is 2.28. The Morgan fingerprint density at radius 3 is 2.81 bits per heavy atom. The van der Waals surface area contributed by atoms with Gasteiger partial charge < -0.3 is 5.32 Å². The molecule has 0 aliphatic rings. The maximum atomic E-state index is 5.90. The van der Waals surface area contributed by atoms with Gasteiger partial charge in [0.15, 0.2) is 0 Å². The summed E-state index contributed by atoms with van der Waals surface area (Å²) >= 11 is 10.8. The lowest BCUT2D eigenvalue weighted by Crippen LogP contribution is -2.06. The van der Waals surface area contributed by atoms with Gasteiger partial charge in [-0.15, -0.1) is 11.3 Å². The number of anilines is 1. The van der Waals surface area contributed by atoms with Crippen LogP contribution in [0.3, 0.4) is 0 Å². The molecule has 2 aromatic heterocycles. The second kappa shape index (κ2) is 5.17. The third-order valence-corrected chi connectivity index (χ3v) is 3.96. The summed E-state index contributed by atoms with van der Waals surface area (Å²) in [7, 11) is 0. The summed E-state index contributed by atoms with van der Waals surface area (Å²) in [6, 6.07) is 9.94. The normalized spacial score (nSPS) is 12.4. The SMILES string of the molecule is CC(Nc1cccc(Br)n1)c1ccc(Cl)s1. The molecule has 0 spiro atoms. The molecule has 0 radical (unpaired) electrons. The van der Waals surface area contributed by atoms with Crippen molar-refractivity contribution < 1.29 is 0 Å². The summed E-state index contributed by atoms with van der Waals surface area (Å²) in [5.41, 5.74) is 0. The number of aromatic nitrogens is 1. The molecule has 1 N–H and O–H groups in total. The Labute approximate surface area is 112 Å². The third kappa shape index (κ3) is 2.97. The minimum atomic E-state index is 0.208. The first-order valence-electron chi connectivity index (χ1n) is 4.79. The largest absolute Gasteiger partial charge is 0.363 e. The summed E-state index contributed by atoms with van der Waals surface area (Å²) in [5.74, 6) is 0.853. The van der Waals surface area contributed by atoms with Gasteiger partial charge in [0.1, 0.15) is 10.4 Å². The van der Waals surface area contributed by atoms with E-state index in [0.717, 1.165) is 14.8 Å². The van der Waals surface area contributed by atoms with Gasteiger partial charge in [-0.1, -0.05) is 17.7 Å².